The van der Waals surface area contributed by atoms with E-state index in [1.54, 1.807) is 18.2 Å². The highest BCUT2D eigenvalue weighted by Gasteiger charge is 2.19. The van der Waals surface area contributed by atoms with Gasteiger partial charge in [0.15, 0.2) is 11.0 Å². The number of carbonyl (C=O) groups is 1. The molecule has 0 atom stereocenters. The van der Waals surface area contributed by atoms with Gasteiger partial charge in [-0.2, -0.15) is 0 Å². The van der Waals surface area contributed by atoms with Crippen LogP contribution in [-0.4, -0.2) is 44.4 Å². The summed E-state index contributed by atoms with van der Waals surface area (Å²) in [6.45, 7) is 2.86. The van der Waals surface area contributed by atoms with Gasteiger partial charge < -0.3 is 5.32 Å². The third kappa shape index (κ3) is 5.06. The van der Waals surface area contributed by atoms with Crippen LogP contribution >= 0.6 is 11.8 Å². The first-order chi connectivity index (χ1) is 14.7. The third-order valence-electron chi connectivity index (χ3n) is 5.01. The fourth-order valence-corrected chi connectivity index (χ4v) is 4.30. The number of rotatable bonds is 7. The van der Waals surface area contributed by atoms with Crippen LogP contribution in [0.4, 0.5) is 10.1 Å². The van der Waals surface area contributed by atoms with Crippen molar-refractivity contribution in [3.8, 4) is 5.69 Å². The van der Waals surface area contributed by atoms with Crippen LogP contribution in [0.5, 0.6) is 0 Å². The van der Waals surface area contributed by atoms with E-state index in [0.29, 0.717) is 5.16 Å². The van der Waals surface area contributed by atoms with Crippen molar-refractivity contribution in [1.82, 2.24) is 19.7 Å². The quantitative estimate of drug-likeness (QED) is 0.577. The summed E-state index contributed by atoms with van der Waals surface area (Å²) in [5.41, 5.74) is 1.14. The van der Waals surface area contributed by atoms with Gasteiger partial charge in [-0.15, -0.1) is 10.2 Å². The van der Waals surface area contributed by atoms with Gasteiger partial charge in [-0.05, 0) is 50.2 Å². The molecule has 0 radical (unpaired) electrons. The van der Waals surface area contributed by atoms with E-state index < -0.39 is 5.82 Å². The van der Waals surface area contributed by atoms with Crippen molar-refractivity contribution in [1.29, 1.82) is 0 Å². The van der Waals surface area contributed by atoms with Crippen molar-refractivity contribution in [3.63, 3.8) is 0 Å². The summed E-state index contributed by atoms with van der Waals surface area (Å²) in [4.78, 5) is 14.7. The van der Waals surface area contributed by atoms with Gasteiger partial charge in [0.25, 0.3) is 0 Å². The fraction of sp³-hybridized carbons (Fsp3) is 0.318. The first-order valence-electron chi connectivity index (χ1n) is 10.1. The number of hydrogen-bond acceptors (Lipinski definition) is 5. The maximum atomic E-state index is 13.8. The average Bonchev–Trinajstić information content (AvgIpc) is 3.17. The molecule has 0 unspecified atom stereocenters. The summed E-state index contributed by atoms with van der Waals surface area (Å²) in [5.74, 6) is 0.237. The lowest BCUT2D eigenvalue weighted by Gasteiger charge is -2.26. The van der Waals surface area contributed by atoms with Crippen molar-refractivity contribution >= 4 is 23.4 Å². The van der Waals surface area contributed by atoms with E-state index >= 15 is 0 Å². The Kier molecular flexibility index (Phi) is 6.76. The standard InChI is InChI=1S/C22H24FN5OS/c23-18-11-5-6-12-19(18)24-21(29)16-30-22-26-25-20(15-27-13-7-2-8-14-27)28(22)17-9-3-1-4-10-17/h1,3-6,9-12H,2,7-8,13-16H2,(H,24,29). The minimum absolute atomic E-state index is 0.114. The number of likely N-dealkylation sites (tertiary alicyclic amines) is 1. The van der Waals surface area contributed by atoms with Gasteiger partial charge in [0.1, 0.15) is 5.82 Å². The minimum atomic E-state index is -0.452. The van der Waals surface area contributed by atoms with Gasteiger partial charge >= 0.3 is 0 Å². The zero-order chi connectivity index (χ0) is 20.8. The molecule has 2 aromatic carbocycles. The van der Waals surface area contributed by atoms with E-state index in [2.05, 4.69) is 20.4 Å². The van der Waals surface area contributed by atoms with Crippen LogP contribution in [0.25, 0.3) is 5.69 Å². The molecule has 0 spiro atoms. The van der Waals surface area contributed by atoms with Crippen LogP contribution in [0.1, 0.15) is 25.1 Å². The molecule has 1 saturated heterocycles. The average molecular weight is 426 g/mol. The van der Waals surface area contributed by atoms with E-state index in [0.717, 1.165) is 31.1 Å². The van der Waals surface area contributed by atoms with Crippen molar-refractivity contribution in [2.24, 2.45) is 0 Å². The number of nitrogens with one attached hydrogen (secondary N) is 1. The largest absolute Gasteiger partial charge is 0.323 e. The molecule has 1 amide bonds. The van der Waals surface area contributed by atoms with Crippen LogP contribution in [0.2, 0.25) is 0 Å². The molecule has 1 N–H and O–H groups in total. The number of halogens is 1. The molecule has 1 aromatic heterocycles. The van der Waals surface area contributed by atoms with Gasteiger partial charge in [-0.1, -0.05) is 48.5 Å². The number of anilines is 1. The Bertz CT molecular complexity index is 988. The number of piperidine rings is 1. The lowest BCUT2D eigenvalue weighted by Crippen LogP contribution is -2.30. The van der Waals surface area contributed by atoms with Crippen LogP contribution in [0.15, 0.2) is 59.8 Å². The van der Waals surface area contributed by atoms with Gasteiger partial charge in [0, 0.05) is 5.69 Å². The van der Waals surface area contributed by atoms with Crippen LogP contribution < -0.4 is 5.32 Å². The first kappa shape index (κ1) is 20.6. The predicted octanol–water partition coefficient (Wildman–Crippen LogP) is 4.12. The second-order valence-corrected chi connectivity index (χ2v) is 8.17. The molecule has 1 aliphatic heterocycles. The molecule has 0 saturated carbocycles. The Morgan fingerprint density at radius 2 is 1.73 bits per heavy atom. The summed E-state index contributed by atoms with van der Waals surface area (Å²) in [5, 5.41) is 12.0. The van der Waals surface area contributed by atoms with Crippen LogP contribution in [0.3, 0.4) is 0 Å². The number of amides is 1. The molecule has 0 bridgehead atoms. The highest BCUT2D eigenvalue weighted by molar-refractivity contribution is 7.99. The van der Waals surface area contributed by atoms with Gasteiger partial charge in [-0.3, -0.25) is 14.3 Å². The lowest BCUT2D eigenvalue weighted by atomic mass is 10.1. The predicted molar refractivity (Wildman–Crippen MR) is 116 cm³/mol. The van der Waals surface area contributed by atoms with Gasteiger partial charge in [-0.25, -0.2) is 4.39 Å². The molecular formula is C22H24FN5OS. The number of para-hydroxylation sites is 2. The van der Waals surface area contributed by atoms with E-state index in [9.17, 15) is 9.18 Å². The Labute approximate surface area is 179 Å². The number of thioether (sulfide) groups is 1. The minimum Gasteiger partial charge on any atom is -0.323 e. The zero-order valence-electron chi connectivity index (χ0n) is 16.6. The molecule has 4 rings (SSSR count). The topological polar surface area (TPSA) is 63.1 Å². The Balaban J connectivity index is 1.49. The molecule has 1 aliphatic rings. The Hall–Kier alpha value is -2.71. The Morgan fingerprint density at radius 1 is 1.00 bits per heavy atom. The molecule has 2 heterocycles. The molecule has 30 heavy (non-hydrogen) atoms. The molecule has 1 fully saturated rings. The lowest BCUT2D eigenvalue weighted by molar-refractivity contribution is -0.113. The molecule has 3 aromatic rings. The second-order valence-electron chi connectivity index (χ2n) is 7.22. The summed E-state index contributed by atoms with van der Waals surface area (Å²) in [6.07, 6.45) is 3.69. The van der Waals surface area contributed by atoms with Crippen LogP contribution in [0, 0.1) is 5.82 Å². The van der Waals surface area contributed by atoms with Crippen LogP contribution in [-0.2, 0) is 11.3 Å². The second kappa shape index (κ2) is 9.86. The normalized spacial score (nSPS) is 14.6. The third-order valence-corrected chi connectivity index (χ3v) is 5.94. The number of carbonyl (C=O) groups excluding carboxylic acids is 1. The fourth-order valence-electron chi connectivity index (χ4n) is 3.53. The smallest absolute Gasteiger partial charge is 0.234 e. The van der Waals surface area contributed by atoms with Crippen molar-refractivity contribution in [2.75, 3.05) is 24.2 Å². The summed E-state index contributed by atoms with van der Waals surface area (Å²) in [6, 6.07) is 16.1. The number of hydrogen-bond donors (Lipinski definition) is 1. The van der Waals surface area contributed by atoms with Gasteiger partial charge in [0.2, 0.25) is 5.91 Å². The maximum absolute atomic E-state index is 13.8. The number of aromatic nitrogens is 3. The zero-order valence-corrected chi connectivity index (χ0v) is 17.4. The molecule has 6 nitrogen and oxygen atoms in total. The van der Waals surface area contributed by atoms with E-state index in [1.807, 2.05) is 34.9 Å². The van der Waals surface area contributed by atoms with Crippen molar-refractivity contribution in [3.05, 3.63) is 66.2 Å². The molecular weight excluding hydrogens is 401 g/mol. The van der Waals surface area contributed by atoms with Crippen molar-refractivity contribution in [2.45, 2.75) is 31.0 Å². The monoisotopic (exact) mass is 425 g/mol. The molecule has 0 aliphatic carbocycles. The SMILES string of the molecule is O=C(CSc1nnc(CN2CCCCC2)n1-c1ccccc1)Nc1ccccc1F. The van der Waals surface area contributed by atoms with E-state index in [1.165, 1.54) is 37.1 Å². The summed E-state index contributed by atoms with van der Waals surface area (Å²) < 4.78 is 15.8. The molecule has 8 heteroatoms. The van der Waals surface area contributed by atoms with Gasteiger partial charge in [0.05, 0.1) is 18.0 Å². The summed E-state index contributed by atoms with van der Waals surface area (Å²) >= 11 is 1.29. The Morgan fingerprint density at radius 3 is 2.50 bits per heavy atom. The van der Waals surface area contributed by atoms with E-state index in [-0.39, 0.29) is 17.3 Å². The summed E-state index contributed by atoms with van der Waals surface area (Å²) in [7, 11) is 0. The van der Waals surface area contributed by atoms with E-state index in [4.69, 9.17) is 0 Å². The highest BCUT2D eigenvalue weighted by Crippen LogP contribution is 2.24. The molecule has 156 valence electrons. The first-order valence-corrected chi connectivity index (χ1v) is 11.1. The maximum Gasteiger partial charge on any atom is 0.234 e. The number of benzene rings is 2. The number of nitrogens with zero attached hydrogens (tertiary/aromatic N) is 4. The highest BCUT2D eigenvalue weighted by atomic mass is 32.2. The van der Waals surface area contributed by atoms with Crippen molar-refractivity contribution < 1.29 is 9.18 Å².